The number of hydrogen-bond acceptors (Lipinski definition) is 4. The van der Waals surface area contributed by atoms with E-state index in [4.69, 9.17) is 16.3 Å². The van der Waals surface area contributed by atoms with Crippen molar-refractivity contribution in [2.24, 2.45) is 11.0 Å². The van der Waals surface area contributed by atoms with Crippen molar-refractivity contribution in [1.29, 1.82) is 0 Å². The first-order valence-corrected chi connectivity index (χ1v) is 7.52. The molecular formula is C15H18ClFN2O2. The highest BCUT2D eigenvalue weighted by molar-refractivity contribution is 6.32. The molecule has 1 aromatic carbocycles. The van der Waals surface area contributed by atoms with E-state index < -0.39 is 11.4 Å². The summed E-state index contributed by atoms with van der Waals surface area (Å²) in [6.45, 7) is 2.95. The van der Waals surface area contributed by atoms with Crippen molar-refractivity contribution < 1.29 is 14.2 Å². The number of nitrogens with one attached hydrogen (secondary N) is 1. The lowest BCUT2D eigenvalue weighted by molar-refractivity contribution is 0.0855. The van der Waals surface area contributed by atoms with Gasteiger partial charge in [-0.15, -0.1) is 0 Å². The lowest BCUT2D eigenvalue weighted by atomic mass is 9.94. The summed E-state index contributed by atoms with van der Waals surface area (Å²) < 4.78 is 19.9. The van der Waals surface area contributed by atoms with E-state index >= 15 is 0 Å². The smallest absolute Gasteiger partial charge is 0.154 e. The van der Waals surface area contributed by atoms with Gasteiger partial charge in [-0.1, -0.05) is 18.5 Å². The molecular weight excluding hydrogens is 295 g/mol. The Hall–Kier alpha value is -1.33. The minimum absolute atomic E-state index is 0.0581. The maximum atomic E-state index is 14.5. The molecule has 1 aliphatic carbocycles. The van der Waals surface area contributed by atoms with Crippen molar-refractivity contribution in [3.05, 3.63) is 28.5 Å². The Morgan fingerprint density at radius 3 is 2.95 bits per heavy atom. The minimum Gasteiger partial charge on any atom is -0.489 e. The summed E-state index contributed by atoms with van der Waals surface area (Å²) in [5, 5.41) is 13.9. The molecule has 1 atom stereocenters. The van der Waals surface area contributed by atoms with Gasteiger partial charge in [-0.3, -0.25) is 0 Å². The minimum atomic E-state index is -0.760. The van der Waals surface area contributed by atoms with Crippen LogP contribution in [0.4, 0.5) is 4.39 Å². The average molecular weight is 313 g/mol. The fourth-order valence-electron chi connectivity index (χ4n) is 2.34. The molecule has 1 saturated carbocycles. The molecule has 0 aromatic heterocycles. The molecule has 2 N–H and O–H groups in total. The molecule has 114 valence electrons. The molecule has 3 rings (SSSR count). The van der Waals surface area contributed by atoms with Gasteiger partial charge in [0, 0.05) is 18.0 Å². The molecule has 0 radical (unpaired) electrons. The van der Waals surface area contributed by atoms with Crippen LogP contribution in [0.25, 0.3) is 0 Å². The van der Waals surface area contributed by atoms with Gasteiger partial charge in [0.05, 0.1) is 11.3 Å². The summed E-state index contributed by atoms with van der Waals surface area (Å²) in [4.78, 5) is 0. The zero-order valence-corrected chi connectivity index (χ0v) is 12.6. The molecule has 0 spiro atoms. The fourth-order valence-corrected chi connectivity index (χ4v) is 2.56. The monoisotopic (exact) mass is 312 g/mol. The maximum absolute atomic E-state index is 14.5. The van der Waals surface area contributed by atoms with Crippen LogP contribution in [-0.2, 0) is 0 Å². The number of hydrogen-bond donors (Lipinski definition) is 2. The van der Waals surface area contributed by atoms with E-state index in [2.05, 4.69) is 10.5 Å². The van der Waals surface area contributed by atoms with Gasteiger partial charge in [0.2, 0.25) is 0 Å². The van der Waals surface area contributed by atoms with E-state index in [-0.39, 0.29) is 23.3 Å². The first-order valence-electron chi connectivity index (χ1n) is 7.14. The quantitative estimate of drug-likeness (QED) is 0.899. The largest absolute Gasteiger partial charge is 0.489 e. The van der Waals surface area contributed by atoms with E-state index in [1.54, 1.807) is 12.1 Å². The van der Waals surface area contributed by atoms with Crippen LogP contribution in [0, 0.1) is 11.7 Å². The van der Waals surface area contributed by atoms with Gasteiger partial charge in [0.1, 0.15) is 17.4 Å². The molecule has 1 unspecified atom stereocenters. The predicted octanol–water partition coefficient (Wildman–Crippen LogP) is 2.72. The van der Waals surface area contributed by atoms with Crippen LogP contribution in [0.15, 0.2) is 17.2 Å². The van der Waals surface area contributed by atoms with Crippen molar-refractivity contribution >= 4 is 17.3 Å². The molecule has 1 heterocycles. The first-order chi connectivity index (χ1) is 10.0. The second-order valence-corrected chi connectivity index (χ2v) is 6.23. The summed E-state index contributed by atoms with van der Waals surface area (Å²) in [5.74, 6) is -0.0859. The molecule has 2 aliphatic rings. The van der Waals surface area contributed by atoms with Crippen LogP contribution in [0.1, 0.15) is 31.7 Å². The standard InChI is InChI=1S/C15H18ClFN2O2/c1-9-4-7-18-19-14(9)10-2-3-11(12(16)13(10)17)21-8-15(20)5-6-15/h2-3,9,18,20H,4-8H2,1H3. The Morgan fingerprint density at radius 1 is 1.52 bits per heavy atom. The van der Waals surface area contributed by atoms with Crippen molar-refractivity contribution in [2.75, 3.05) is 13.2 Å². The lowest BCUT2D eigenvalue weighted by Gasteiger charge is -2.21. The second kappa shape index (κ2) is 5.46. The number of rotatable bonds is 4. The van der Waals surface area contributed by atoms with Crippen LogP contribution in [0.5, 0.6) is 5.75 Å². The summed E-state index contributed by atoms with van der Waals surface area (Å²) >= 11 is 6.06. The summed E-state index contributed by atoms with van der Waals surface area (Å²) in [6.07, 6.45) is 2.33. The Kier molecular flexibility index (Phi) is 3.80. The van der Waals surface area contributed by atoms with Crippen LogP contribution in [0.2, 0.25) is 5.02 Å². The Bertz CT molecular complexity index is 587. The van der Waals surface area contributed by atoms with Gasteiger partial charge in [-0.05, 0) is 31.4 Å². The van der Waals surface area contributed by atoms with Crippen LogP contribution in [0.3, 0.4) is 0 Å². The molecule has 1 aliphatic heterocycles. The van der Waals surface area contributed by atoms with Gasteiger partial charge in [0.25, 0.3) is 0 Å². The van der Waals surface area contributed by atoms with E-state index in [1.165, 1.54) is 0 Å². The summed E-state index contributed by atoms with van der Waals surface area (Å²) in [7, 11) is 0. The third-order valence-corrected chi connectivity index (χ3v) is 4.35. The van der Waals surface area contributed by atoms with Crippen LogP contribution >= 0.6 is 11.6 Å². The number of hydrazone groups is 1. The Labute approximate surface area is 127 Å². The molecule has 0 saturated heterocycles. The van der Waals surface area contributed by atoms with Crippen molar-refractivity contribution in [2.45, 2.75) is 31.8 Å². The van der Waals surface area contributed by atoms with Gasteiger partial charge >= 0.3 is 0 Å². The highest BCUT2D eigenvalue weighted by atomic mass is 35.5. The molecule has 1 aromatic rings. The van der Waals surface area contributed by atoms with Gasteiger partial charge in [-0.2, -0.15) is 5.10 Å². The molecule has 0 bridgehead atoms. The summed E-state index contributed by atoms with van der Waals surface area (Å²) in [5.41, 5.74) is 3.21. The SMILES string of the molecule is CC1CCNN=C1c1ccc(OCC2(O)CC2)c(Cl)c1F. The molecule has 4 nitrogen and oxygen atoms in total. The number of nitrogens with zero attached hydrogens (tertiary/aromatic N) is 1. The molecule has 21 heavy (non-hydrogen) atoms. The third-order valence-electron chi connectivity index (χ3n) is 4.00. The maximum Gasteiger partial charge on any atom is 0.154 e. The Morgan fingerprint density at radius 2 is 2.29 bits per heavy atom. The highest BCUT2D eigenvalue weighted by Gasteiger charge is 2.41. The van der Waals surface area contributed by atoms with E-state index in [0.29, 0.717) is 24.1 Å². The molecule has 1 fully saturated rings. The topological polar surface area (TPSA) is 53.9 Å². The lowest BCUT2D eigenvalue weighted by Crippen LogP contribution is -2.27. The van der Waals surface area contributed by atoms with Gasteiger partial charge < -0.3 is 15.3 Å². The predicted molar refractivity (Wildman–Crippen MR) is 79.4 cm³/mol. The van der Waals surface area contributed by atoms with Crippen molar-refractivity contribution in [1.82, 2.24) is 5.43 Å². The van der Waals surface area contributed by atoms with Crippen LogP contribution < -0.4 is 10.2 Å². The van der Waals surface area contributed by atoms with Crippen LogP contribution in [-0.4, -0.2) is 29.6 Å². The third kappa shape index (κ3) is 2.99. The fraction of sp³-hybridized carbons (Fsp3) is 0.533. The van der Waals surface area contributed by atoms with E-state index in [0.717, 1.165) is 13.0 Å². The van der Waals surface area contributed by atoms with Gasteiger partial charge in [0.15, 0.2) is 5.82 Å². The van der Waals surface area contributed by atoms with Gasteiger partial charge in [-0.25, -0.2) is 4.39 Å². The Balaban J connectivity index is 1.83. The zero-order valence-electron chi connectivity index (χ0n) is 11.8. The zero-order chi connectivity index (χ0) is 15.0. The number of ether oxygens (including phenoxy) is 1. The number of benzene rings is 1. The summed E-state index contributed by atoms with van der Waals surface area (Å²) in [6, 6.07) is 3.27. The normalized spacial score (nSPS) is 23.2. The number of aliphatic hydroxyl groups is 1. The van der Waals surface area contributed by atoms with Crippen molar-refractivity contribution in [3.8, 4) is 5.75 Å². The van der Waals surface area contributed by atoms with E-state index in [9.17, 15) is 9.50 Å². The average Bonchev–Trinajstić information content (AvgIpc) is 3.20. The molecule has 0 amide bonds. The molecule has 6 heteroatoms. The number of halogens is 2. The first kappa shape index (κ1) is 14.6. The van der Waals surface area contributed by atoms with E-state index in [1.807, 2.05) is 6.92 Å². The highest BCUT2D eigenvalue weighted by Crippen LogP contribution is 2.37. The van der Waals surface area contributed by atoms with Crippen molar-refractivity contribution in [3.63, 3.8) is 0 Å². The second-order valence-electron chi connectivity index (χ2n) is 5.85.